The number of amides is 1. The van der Waals surface area contributed by atoms with Gasteiger partial charge in [0.1, 0.15) is 11.6 Å². The molecule has 6 N–H and O–H groups in total. The largest absolute Gasteiger partial charge is 0.497 e. The van der Waals surface area contributed by atoms with Crippen LogP contribution in [-0.2, 0) is 4.74 Å². The number of nitrogens with two attached hydrogens (primary N) is 2. The normalized spacial score (nSPS) is 15.1. The Morgan fingerprint density at radius 1 is 1.14 bits per heavy atom. The lowest BCUT2D eigenvalue weighted by atomic mass is 10.0. The average molecular weight is 514 g/mol. The van der Waals surface area contributed by atoms with Crippen molar-refractivity contribution in [2.75, 3.05) is 48.9 Å². The van der Waals surface area contributed by atoms with Crippen LogP contribution in [0.25, 0.3) is 0 Å². The predicted molar refractivity (Wildman–Crippen MR) is 136 cm³/mol. The molecule has 0 bridgehead atoms. The summed E-state index contributed by atoms with van der Waals surface area (Å²) >= 11 is 0. The fourth-order valence-corrected chi connectivity index (χ4v) is 3.99. The number of nitrogens with zero attached hydrogens (tertiary/aromatic N) is 3. The zero-order chi connectivity index (χ0) is 26.5. The summed E-state index contributed by atoms with van der Waals surface area (Å²) in [5, 5.41) is 5.84. The number of aromatic nitrogens is 2. The maximum atomic E-state index is 15.0. The van der Waals surface area contributed by atoms with E-state index in [2.05, 4.69) is 20.6 Å². The van der Waals surface area contributed by atoms with Gasteiger partial charge in [-0.05, 0) is 30.7 Å². The van der Waals surface area contributed by atoms with Crippen molar-refractivity contribution in [2.45, 2.75) is 19.0 Å². The van der Waals surface area contributed by atoms with Crippen molar-refractivity contribution < 1.29 is 23.0 Å². The first-order chi connectivity index (χ1) is 17.8. The number of ether oxygens (including phenoxy) is 2. The number of nitrogens with one attached hydrogen (secondary N) is 2. The van der Waals surface area contributed by atoms with Crippen molar-refractivity contribution >= 4 is 29.0 Å². The van der Waals surface area contributed by atoms with E-state index in [0.29, 0.717) is 32.1 Å². The molecule has 0 radical (unpaired) electrons. The SMILES string of the molecule is COc1ccc([C@@H](Nc2nc(Nc3cnc(N4CCOCC4)c(F)c3)c(C(N)=O)cc2F)[C@H](C)N)cc1. The summed E-state index contributed by atoms with van der Waals surface area (Å²) in [5.41, 5.74) is 12.4. The number of primary amides is 1. The zero-order valence-corrected chi connectivity index (χ0v) is 20.5. The molecule has 1 saturated heterocycles. The van der Waals surface area contributed by atoms with Gasteiger partial charge in [0.15, 0.2) is 23.3 Å². The van der Waals surface area contributed by atoms with Crippen LogP contribution in [0.3, 0.4) is 0 Å². The summed E-state index contributed by atoms with van der Waals surface area (Å²) in [7, 11) is 1.56. The first kappa shape index (κ1) is 26.0. The highest BCUT2D eigenvalue weighted by Crippen LogP contribution is 2.29. The first-order valence-corrected chi connectivity index (χ1v) is 11.7. The van der Waals surface area contributed by atoms with Crippen molar-refractivity contribution in [2.24, 2.45) is 11.5 Å². The minimum atomic E-state index is -0.905. The van der Waals surface area contributed by atoms with Gasteiger partial charge in [-0.15, -0.1) is 0 Å². The molecular formula is C25H29F2N7O3. The Labute approximate surface area is 213 Å². The molecule has 3 heterocycles. The number of carbonyl (C=O) groups excluding carboxylic acids is 1. The van der Waals surface area contributed by atoms with Gasteiger partial charge in [-0.1, -0.05) is 12.1 Å². The topological polar surface area (TPSA) is 141 Å². The molecule has 10 nitrogen and oxygen atoms in total. The van der Waals surface area contributed by atoms with E-state index in [4.69, 9.17) is 20.9 Å². The highest BCUT2D eigenvalue weighted by molar-refractivity contribution is 5.98. The van der Waals surface area contributed by atoms with E-state index in [-0.39, 0.29) is 28.7 Å². The molecule has 2 aromatic heterocycles. The van der Waals surface area contributed by atoms with Gasteiger partial charge in [-0.25, -0.2) is 18.7 Å². The van der Waals surface area contributed by atoms with Crippen LogP contribution in [0.15, 0.2) is 42.6 Å². The number of hydrogen-bond donors (Lipinski definition) is 4. The maximum absolute atomic E-state index is 15.0. The summed E-state index contributed by atoms with van der Waals surface area (Å²) in [6.07, 6.45) is 1.40. The number of anilines is 4. The molecule has 1 aliphatic heterocycles. The maximum Gasteiger partial charge on any atom is 0.252 e. The number of halogens is 2. The quantitative estimate of drug-likeness (QED) is 0.340. The van der Waals surface area contributed by atoms with Crippen molar-refractivity contribution in [1.29, 1.82) is 0 Å². The molecule has 1 aliphatic rings. The second-order valence-electron chi connectivity index (χ2n) is 8.59. The Morgan fingerprint density at radius 2 is 1.84 bits per heavy atom. The summed E-state index contributed by atoms with van der Waals surface area (Å²) in [6, 6.07) is 8.38. The molecule has 2 atom stereocenters. The van der Waals surface area contributed by atoms with Crippen LogP contribution >= 0.6 is 0 Å². The second-order valence-corrected chi connectivity index (χ2v) is 8.59. The fourth-order valence-electron chi connectivity index (χ4n) is 3.99. The Kier molecular flexibility index (Phi) is 7.99. The summed E-state index contributed by atoms with van der Waals surface area (Å²) in [4.78, 5) is 22.3. The molecule has 12 heteroatoms. The van der Waals surface area contributed by atoms with Gasteiger partial charge in [0, 0.05) is 25.2 Å². The molecule has 4 rings (SSSR count). The number of pyridine rings is 2. The summed E-state index contributed by atoms with van der Waals surface area (Å²) in [6.45, 7) is 3.77. The van der Waals surface area contributed by atoms with Gasteiger partial charge in [-0.2, -0.15) is 0 Å². The van der Waals surface area contributed by atoms with E-state index < -0.39 is 29.6 Å². The van der Waals surface area contributed by atoms with Gasteiger partial charge >= 0.3 is 0 Å². The Balaban J connectivity index is 1.63. The van der Waals surface area contributed by atoms with Crippen LogP contribution in [0.1, 0.15) is 28.9 Å². The van der Waals surface area contributed by atoms with Crippen molar-refractivity contribution in [3.05, 3.63) is 65.4 Å². The lowest BCUT2D eigenvalue weighted by Crippen LogP contribution is -2.37. The smallest absolute Gasteiger partial charge is 0.252 e. The minimum absolute atomic E-state index is 0.0603. The number of methoxy groups -OCH3 is 1. The van der Waals surface area contributed by atoms with Gasteiger partial charge < -0.3 is 36.5 Å². The number of morpholine rings is 1. The third kappa shape index (κ3) is 6.04. The van der Waals surface area contributed by atoms with E-state index in [1.807, 2.05) is 0 Å². The number of carbonyl (C=O) groups is 1. The molecule has 37 heavy (non-hydrogen) atoms. The second kappa shape index (κ2) is 11.4. The lowest BCUT2D eigenvalue weighted by molar-refractivity contribution is 0.100. The molecule has 0 saturated carbocycles. The monoisotopic (exact) mass is 513 g/mol. The van der Waals surface area contributed by atoms with Gasteiger partial charge in [-0.3, -0.25) is 4.79 Å². The molecule has 1 aromatic carbocycles. The highest BCUT2D eigenvalue weighted by Gasteiger charge is 2.23. The van der Waals surface area contributed by atoms with Crippen LogP contribution in [0.4, 0.5) is 31.9 Å². The third-order valence-electron chi connectivity index (χ3n) is 5.93. The molecule has 1 fully saturated rings. The number of rotatable bonds is 9. The third-order valence-corrected chi connectivity index (χ3v) is 5.93. The summed E-state index contributed by atoms with van der Waals surface area (Å²) in [5.74, 6) is -1.64. The van der Waals surface area contributed by atoms with Crippen LogP contribution in [0.2, 0.25) is 0 Å². The van der Waals surface area contributed by atoms with Crippen LogP contribution in [0, 0.1) is 11.6 Å². The van der Waals surface area contributed by atoms with E-state index in [0.717, 1.165) is 11.6 Å². The Morgan fingerprint density at radius 3 is 2.43 bits per heavy atom. The fraction of sp³-hybridized carbons (Fsp3) is 0.320. The molecule has 1 amide bonds. The van der Waals surface area contributed by atoms with Crippen LogP contribution in [0.5, 0.6) is 5.75 Å². The lowest BCUT2D eigenvalue weighted by Gasteiger charge is -2.28. The average Bonchev–Trinajstić information content (AvgIpc) is 2.89. The molecule has 0 aliphatic carbocycles. The van der Waals surface area contributed by atoms with E-state index in [9.17, 15) is 9.18 Å². The van der Waals surface area contributed by atoms with E-state index in [1.54, 1.807) is 43.2 Å². The summed E-state index contributed by atoms with van der Waals surface area (Å²) < 4.78 is 40.3. The minimum Gasteiger partial charge on any atom is -0.497 e. The Hall–Kier alpha value is -4.03. The molecule has 196 valence electrons. The van der Waals surface area contributed by atoms with E-state index >= 15 is 4.39 Å². The van der Waals surface area contributed by atoms with Crippen LogP contribution in [-0.4, -0.2) is 55.3 Å². The molecule has 3 aromatic rings. The Bertz CT molecular complexity index is 1250. The van der Waals surface area contributed by atoms with Gasteiger partial charge in [0.05, 0.1) is 43.8 Å². The number of benzene rings is 1. The van der Waals surface area contributed by atoms with E-state index in [1.165, 1.54) is 12.3 Å². The molecule has 0 spiro atoms. The first-order valence-electron chi connectivity index (χ1n) is 11.7. The number of hydrogen-bond acceptors (Lipinski definition) is 9. The molecule has 0 unspecified atom stereocenters. The van der Waals surface area contributed by atoms with Gasteiger partial charge in [0.25, 0.3) is 5.91 Å². The zero-order valence-electron chi connectivity index (χ0n) is 20.5. The standard InChI is InChI=1S/C25H29F2N7O3/c1-14(28)21(15-3-5-17(36-2)6-4-15)32-24-19(26)12-18(22(29)35)23(33-24)31-16-11-20(27)25(30-13-16)34-7-9-37-10-8-34/h3-6,11-14,21H,7-10,28H2,1-2H3,(H2,29,35)(H2,31,32,33)/t14-,21-/m0/s1. The van der Waals surface area contributed by atoms with Crippen molar-refractivity contribution in [1.82, 2.24) is 9.97 Å². The predicted octanol–water partition coefficient (Wildman–Crippen LogP) is 2.94. The van der Waals surface area contributed by atoms with Crippen LogP contribution < -0.4 is 31.7 Å². The molecular weight excluding hydrogens is 484 g/mol. The van der Waals surface area contributed by atoms with Crippen molar-refractivity contribution in [3.8, 4) is 5.75 Å². The van der Waals surface area contributed by atoms with Crippen molar-refractivity contribution in [3.63, 3.8) is 0 Å². The highest BCUT2D eigenvalue weighted by atomic mass is 19.1. The van der Waals surface area contributed by atoms with Gasteiger partial charge in [0.2, 0.25) is 0 Å².